The van der Waals surface area contributed by atoms with Crippen LogP contribution in [0, 0.1) is 0 Å². The lowest BCUT2D eigenvalue weighted by atomic mass is 9.90. The lowest BCUT2D eigenvalue weighted by Gasteiger charge is -2.26. The van der Waals surface area contributed by atoms with E-state index in [4.69, 9.17) is 9.47 Å². The summed E-state index contributed by atoms with van der Waals surface area (Å²) in [5, 5.41) is 4.94. The van der Waals surface area contributed by atoms with E-state index in [1.165, 1.54) is 0 Å². The van der Waals surface area contributed by atoms with Crippen LogP contribution >= 0.6 is 0 Å². The molecule has 1 aliphatic rings. The molecule has 1 aliphatic heterocycles. The molecule has 3 amide bonds. The summed E-state index contributed by atoms with van der Waals surface area (Å²) in [6.45, 7) is -0.0260. The Morgan fingerprint density at radius 1 is 1.00 bits per heavy atom. The Morgan fingerprint density at radius 2 is 1.74 bits per heavy atom. The molecule has 1 unspecified atom stereocenters. The minimum Gasteiger partial charge on any atom is -0.497 e. The first-order valence-electron chi connectivity index (χ1n) is 7.10. The summed E-state index contributed by atoms with van der Waals surface area (Å²) in [6, 6.07) is 15.6. The van der Waals surface area contributed by atoms with Gasteiger partial charge in [0.05, 0.1) is 7.11 Å². The fourth-order valence-corrected chi connectivity index (χ4v) is 2.48. The van der Waals surface area contributed by atoms with Crippen LogP contribution in [0.25, 0.3) is 0 Å². The lowest BCUT2D eigenvalue weighted by molar-refractivity contribution is -0.125. The molecule has 0 aliphatic carbocycles. The van der Waals surface area contributed by atoms with E-state index < -0.39 is 17.5 Å². The zero-order chi connectivity index (χ0) is 16.3. The summed E-state index contributed by atoms with van der Waals surface area (Å²) in [6.07, 6.45) is 0. The Bertz CT molecular complexity index is 732. The second-order valence-corrected chi connectivity index (χ2v) is 5.15. The van der Waals surface area contributed by atoms with Crippen LogP contribution in [-0.2, 0) is 10.3 Å². The number of hydrogen-bond acceptors (Lipinski definition) is 4. The molecule has 23 heavy (non-hydrogen) atoms. The van der Waals surface area contributed by atoms with Gasteiger partial charge in [0.2, 0.25) is 0 Å². The molecule has 1 heterocycles. The van der Waals surface area contributed by atoms with Gasteiger partial charge in [0.25, 0.3) is 5.91 Å². The van der Waals surface area contributed by atoms with E-state index in [1.54, 1.807) is 43.5 Å². The quantitative estimate of drug-likeness (QED) is 0.826. The van der Waals surface area contributed by atoms with Crippen molar-refractivity contribution in [3.63, 3.8) is 0 Å². The van der Waals surface area contributed by atoms with E-state index in [9.17, 15) is 9.59 Å². The molecule has 1 fully saturated rings. The summed E-state index contributed by atoms with van der Waals surface area (Å²) in [5.41, 5.74) is -0.697. The first-order valence-corrected chi connectivity index (χ1v) is 7.10. The Labute approximate surface area is 133 Å². The molecule has 3 rings (SSSR count). The molecular formula is C17H16N2O4. The third kappa shape index (κ3) is 2.83. The maximum absolute atomic E-state index is 12.4. The molecule has 0 radical (unpaired) electrons. The summed E-state index contributed by atoms with van der Waals surface area (Å²) in [4.78, 5) is 24.1. The van der Waals surface area contributed by atoms with Gasteiger partial charge in [-0.15, -0.1) is 0 Å². The van der Waals surface area contributed by atoms with E-state index in [2.05, 4.69) is 10.6 Å². The number of imide groups is 1. The molecule has 1 saturated heterocycles. The molecule has 2 N–H and O–H groups in total. The van der Waals surface area contributed by atoms with Crippen molar-refractivity contribution in [1.29, 1.82) is 0 Å². The van der Waals surface area contributed by atoms with Crippen LogP contribution in [0.3, 0.4) is 0 Å². The van der Waals surface area contributed by atoms with Gasteiger partial charge in [0.1, 0.15) is 18.1 Å². The molecule has 2 aromatic rings. The number of urea groups is 1. The fourth-order valence-electron chi connectivity index (χ4n) is 2.48. The molecular weight excluding hydrogens is 296 g/mol. The Hall–Kier alpha value is -3.02. The Balaban J connectivity index is 1.94. The summed E-state index contributed by atoms with van der Waals surface area (Å²) < 4.78 is 10.9. The number of amides is 3. The van der Waals surface area contributed by atoms with E-state index in [-0.39, 0.29) is 6.61 Å². The second kappa shape index (κ2) is 6.00. The van der Waals surface area contributed by atoms with Crippen LogP contribution in [0.1, 0.15) is 5.56 Å². The van der Waals surface area contributed by atoms with Gasteiger partial charge in [0.15, 0.2) is 5.54 Å². The number of nitrogens with one attached hydrogen (secondary N) is 2. The third-order valence-corrected chi connectivity index (χ3v) is 3.70. The zero-order valence-corrected chi connectivity index (χ0v) is 12.5. The van der Waals surface area contributed by atoms with Crippen molar-refractivity contribution in [2.24, 2.45) is 0 Å². The van der Waals surface area contributed by atoms with Crippen LogP contribution in [0.15, 0.2) is 54.6 Å². The molecule has 6 nitrogen and oxygen atoms in total. The van der Waals surface area contributed by atoms with Gasteiger partial charge in [0, 0.05) is 0 Å². The van der Waals surface area contributed by atoms with Crippen LogP contribution in [-0.4, -0.2) is 25.7 Å². The van der Waals surface area contributed by atoms with Crippen molar-refractivity contribution >= 4 is 11.9 Å². The summed E-state index contributed by atoms with van der Waals surface area (Å²) in [7, 11) is 1.54. The lowest BCUT2D eigenvalue weighted by Crippen LogP contribution is -2.48. The maximum atomic E-state index is 12.4. The molecule has 118 valence electrons. The smallest absolute Gasteiger partial charge is 0.322 e. The number of rotatable bonds is 5. The molecule has 0 saturated carbocycles. The van der Waals surface area contributed by atoms with Crippen molar-refractivity contribution in [3.05, 3.63) is 60.2 Å². The normalized spacial score (nSPS) is 19.9. The van der Waals surface area contributed by atoms with Crippen molar-refractivity contribution in [3.8, 4) is 11.5 Å². The summed E-state index contributed by atoms with van der Waals surface area (Å²) in [5.74, 6) is 0.755. The van der Waals surface area contributed by atoms with Gasteiger partial charge in [-0.1, -0.05) is 30.3 Å². The largest absolute Gasteiger partial charge is 0.497 e. The van der Waals surface area contributed by atoms with Crippen molar-refractivity contribution in [2.45, 2.75) is 5.54 Å². The third-order valence-electron chi connectivity index (χ3n) is 3.70. The van der Waals surface area contributed by atoms with Gasteiger partial charge >= 0.3 is 6.03 Å². The van der Waals surface area contributed by atoms with E-state index in [1.807, 2.05) is 18.2 Å². The predicted octanol–water partition coefficient (Wildman–Crippen LogP) is 1.81. The number of hydrogen-bond donors (Lipinski definition) is 2. The van der Waals surface area contributed by atoms with Gasteiger partial charge in [-0.05, 0) is 29.8 Å². The second-order valence-electron chi connectivity index (χ2n) is 5.15. The van der Waals surface area contributed by atoms with Gasteiger partial charge in [-0.2, -0.15) is 0 Å². The highest BCUT2D eigenvalue weighted by molar-refractivity contribution is 6.07. The van der Waals surface area contributed by atoms with Crippen LogP contribution in [0.5, 0.6) is 11.5 Å². The monoisotopic (exact) mass is 312 g/mol. The van der Waals surface area contributed by atoms with Crippen molar-refractivity contribution in [1.82, 2.24) is 10.6 Å². The maximum Gasteiger partial charge on any atom is 0.322 e. The topological polar surface area (TPSA) is 76.7 Å². The number of benzene rings is 2. The van der Waals surface area contributed by atoms with E-state index >= 15 is 0 Å². The number of carbonyl (C=O) groups excluding carboxylic acids is 2. The highest BCUT2D eigenvalue weighted by atomic mass is 16.5. The van der Waals surface area contributed by atoms with Crippen molar-refractivity contribution < 1.29 is 19.1 Å². The zero-order valence-electron chi connectivity index (χ0n) is 12.5. The molecule has 0 aromatic heterocycles. The molecule has 6 heteroatoms. The standard InChI is InChI=1S/C17H16N2O4/c1-22-14-9-5-6-12(10-14)17(15(20)18-16(21)19-17)11-23-13-7-3-2-4-8-13/h2-10H,11H2,1H3,(H2,18,19,20,21). The van der Waals surface area contributed by atoms with Gasteiger partial charge in [-0.25, -0.2) is 4.79 Å². The average molecular weight is 312 g/mol. The molecule has 0 bridgehead atoms. The van der Waals surface area contributed by atoms with Crippen molar-refractivity contribution in [2.75, 3.05) is 13.7 Å². The number of para-hydroxylation sites is 1. The SMILES string of the molecule is COc1cccc(C2(COc3ccccc3)NC(=O)NC2=O)c1. The van der Waals surface area contributed by atoms with Crippen LogP contribution < -0.4 is 20.1 Å². The first kappa shape index (κ1) is 14.9. The first-order chi connectivity index (χ1) is 11.1. The summed E-state index contributed by atoms with van der Waals surface area (Å²) >= 11 is 0. The van der Waals surface area contributed by atoms with E-state index in [0.29, 0.717) is 17.1 Å². The Morgan fingerprint density at radius 3 is 2.39 bits per heavy atom. The average Bonchev–Trinajstić information content (AvgIpc) is 2.88. The highest BCUT2D eigenvalue weighted by Gasteiger charge is 2.48. The van der Waals surface area contributed by atoms with E-state index in [0.717, 1.165) is 0 Å². The van der Waals surface area contributed by atoms with Gasteiger partial charge in [-0.3, -0.25) is 10.1 Å². The number of carbonyl (C=O) groups is 2. The minimum absolute atomic E-state index is 0.0260. The minimum atomic E-state index is -1.29. The highest BCUT2D eigenvalue weighted by Crippen LogP contribution is 2.29. The van der Waals surface area contributed by atoms with Crippen LogP contribution in [0.4, 0.5) is 4.79 Å². The number of ether oxygens (including phenoxy) is 2. The molecule has 0 spiro atoms. The Kier molecular flexibility index (Phi) is 3.89. The molecule has 1 atom stereocenters. The molecule has 2 aromatic carbocycles. The number of methoxy groups -OCH3 is 1. The predicted molar refractivity (Wildman–Crippen MR) is 83.3 cm³/mol. The van der Waals surface area contributed by atoms with Crippen LogP contribution in [0.2, 0.25) is 0 Å². The van der Waals surface area contributed by atoms with Gasteiger partial charge < -0.3 is 14.8 Å². The fraction of sp³-hybridized carbons (Fsp3) is 0.176.